The van der Waals surface area contributed by atoms with Gasteiger partial charge in [-0.2, -0.15) is 0 Å². The predicted molar refractivity (Wildman–Crippen MR) is 97.1 cm³/mol. The average Bonchev–Trinajstić information content (AvgIpc) is 2.59. The summed E-state index contributed by atoms with van der Waals surface area (Å²) < 4.78 is 10.2. The third-order valence-electron chi connectivity index (χ3n) is 4.18. The maximum atomic E-state index is 12.2. The Kier molecular flexibility index (Phi) is 6.39. The van der Waals surface area contributed by atoms with Crippen LogP contribution in [0.3, 0.4) is 0 Å². The van der Waals surface area contributed by atoms with Gasteiger partial charge in [-0.3, -0.25) is 4.79 Å². The van der Waals surface area contributed by atoms with Crippen molar-refractivity contribution in [3.63, 3.8) is 0 Å². The summed E-state index contributed by atoms with van der Waals surface area (Å²) in [6, 6.07) is 0. The quantitative estimate of drug-likeness (QED) is 0.755. The fraction of sp³-hybridized carbons (Fsp3) is 0.667. The van der Waals surface area contributed by atoms with Crippen molar-refractivity contribution < 1.29 is 19.1 Å². The first-order valence-electron chi connectivity index (χ1n) is 8.81. The second-order valence-corrected chi connectivity index (χ2v) is 7.29. The molecule has 144 valence electrons. The van der Waals surface area contributed by atoms with Gasteiger partial charge < -0.3 is 19.3 Å². The van der Waals surface area contributed by atoms with Gasteiger partial charge in [-0.15, -0.1) is 0 Å². The first-order chi connectivity index (χ1) is 12.2. The molecule has 0 unspecified atom stereocenters. The Morgan fingerprint density at radius 2 is 1.81 bits per heavy atom. The molecule has 1 saturated heterocycles. The smallest absolute Gasteiger partial charge is 0.410 e. The number of hydrogen-bond acceptors (Lipinski definition) is 7. The van der Waals surface area contributed by atoms with Crippen molar-refractivity contribution in [3.8, 4) is 0 Å². The summed E-state index contributed by atoms with van der Waals surface area (Å²) in [5.41, 5.74) is 1.30. The standard InChI is InChI=1S/C18H28N4O4/c1-13-14(6-7-15(23)25-5)16(20-12-19-13)21-8-10-22(11-9-21)17(24)26-18(2,3)4/h12H,6-11H2,1-5H3. The van der Waals surface area contributed by atoms with Crippen molar-refractivity contribution >= 4 is 17.9 Å². The Morgan fingerprint density at radius 1 is 1.15 bits per heavy atom. The second kappa shape index (κ2) is 8.33. The number of nitrogens with zero attached hydrogens (tertiary/aromatic N) is 4. The topological polar surface area (TPSA) is 84.9 Å². The number of aryl methyl sites for hydroxylation is 1. The molecule has 0 aromatic carbocycles. The molecule has 0 spiro atoms. The van der Waals surface area contributed by atoms with E-state index in [0.29, 0.717) is 32.6 Å². The van der Waals surface area contributed by atoms with E-state index in [1.54, 1.807) is 4.90 Å². The number of carbonyl (C=O) groups is 2. The van der Waals surface area contributed by atoms with Crippen LogP contribution in [0.1, 0.15) is 38.4 Å². The molecule has 1 fully saturated rings. The van der Waals surface area contributed by atoms with Crippen LogP contribution in [0.25, 0.3) is 0 Å². The highest BCUT2D eigenvalue weighted by molar-refractivity contribution is 5.70. The molecule has 26 heavy (non-hydrogen) atoms. The maximum Gasteiger partial charge on any atom is 0.410 e. The van der Waals surface area contributed by atoms with E-state index < -0.39 is 5.60 Å². The number of rotatable bonds is 4. The van der Waals surface area contributed by atoms with Gasteiger partial charge in [0.1, 0.15) is 17.7 Å². The molecule has 0 N–H and O–H groups in total. The van der Waals surface area contributed by atoms with E-state index >= 15 is 0 Å². The molecule has 1 aliphatic heterocycles. The van der Waals surface area contributed by atoms with Gasteiger partial charge in [-0.25, -0.2) is 14.8 Å². The lowest BCUT2D eigenvalue weighted by atomic mass is 10.1. The average molecular weight is 364 g/mol. The highest BCUT2D eigenvalue weighted by Gasteiger charge is 2.27. The second-order valence-electron chi connectivity index (χ2n) is 7.29. The molecule has 2 heterocycles. The van der Waals surface area contributed by atoms with Crippen LogP contribution in [-0.4, -0.2) is 65.8 Å². The van der Waals surface area contributed by atoms with Crippen LogP contribution in [0, 0.1) is 6.92 Å². The predicted octanol–water partition coefficient (Wildman–Crippen LogP) is 1.95. The number of anilines is 1. The Hall–Kier alpha value is -2.38. The molecular weight excluding hydrogens is 336 g/mol. The largest absolute Gasteiger partial charge is 0.469 e. The van der Waals surface area contributed by atoms with Gasteiger partial charge in [-0.05, 0) is 34.1 Å². The summed E-state index contributed by atoms with van der Waals surface area (Å²) in [7, 11) is 1.38. The van der Waals surface area contributed by atoms with Crippen LogP contribution in [0.2, 0.25) is 0 Å². The molecule has 8 nitrogen and oxygen atoms in total. The van der Waals surface area contributed by atoms with Crippen LogP contribution in [0.4, 0.5) is 10.6 Å². The van der Waals surface area contributed by atoms with E-state index in [1.165, 1.54) is 13.4 Å². The van der Waals surface area contributed by atoms with Crippen LogP contribution < -0.4 is 4.90 Å². The number of aromatic nitrogens is 2. The first-order valence-corrected chi connectivity index (χ1v) is 8.81. The van der Waals surface area contributed by atoms with Crippen molar-refractivity contribution in [2.75, 3.05) is 38.2 Å². The molecule has 0 saturated carbocycles. The zero-order valence-corrected chi connectivity index (χ0v) is 16.2. The Morgan fingerprint density at radius 3 is 2.38 bits per heavy atom. The number of piperazine rings is 1. The van der Waals surface area contributed by atoms with Crippen molar-refractivity contribution in [3.05, 3.63) is 17.6 Å². The van der Waals surface area contributed by atoms with Gasteiger partial charge in [0, 0.05) is 43.9 Å². The highest BCUT2D eigenvalue weighted by Crippen LogP contribution is 2.23. The van der Waals surface area contributed by atoms with Crippen LogP contribution in [0.5, 0.6) is 0 Å². The van der Waals surface area contributed by atoms with E-state index in [4.69, 9.17) is 9.47 Å². The summed E-state index contributed by atoms with van der Waals surface area (Å²) in [6.45, 7) is 9.93. The minimum atomic E-state index is -0.501. The van der Waals surface area contributed by atoms with E-state index in [-0.39, 0.29) is 18.5 Å². The number of methoxy groups -OCH3 is 1. The lowest BCUT2D eigenvalue weighted by Crippen LogP contribution is -2.50. The molecule has 8 heteroatoms. The fourth-order valence-corrected chi connectivity index (χ4v) is 2.81. The van der Waals surface area contributed by atoms with Gasteiger partial charge in [0.15, 0.2) is 0 Å². The van der Waals surface area contributed by atoms with Gasteiger partial charge >= 0.3 is 12.1 Å². The Bertz CT molecular complexity index is 649. The van der Waals surface area contributed by atoms with Crippen LogP contribution >= 0.6 is 0 Å². The summed E-state index contributed by atoms with van der Waals surface area (Å²) in [5.74, 6) is 0.569. The molecule has 0 bridgehead atoms. The molecule has 1 aromatic heterocycles. The third kappa shape index (κ3) is 5.31. The van der Waals surface area contributed by atoms with Crippen molar-refractivity contribution in [2.24, 2.45) is 0 Å². The molecule has 1 aliphatic rings. The van der Waals surface area contributed by atoms with E-state index in [2.05, 4.69) is 14.9 Å². The zero-order chi connectivity index (χ0) is 19.3. The molecular formula is C18H28N4O4. The molecule has 1 amide bonds. The van der Waals surface area contributed by atoms with Gasteiger partial charge in [-0.1, -0.05) is 0 Å². The van der Waals surface area contributed by atoms with Gasteiger partial charge in [0.25, 0.3) is 0 Å². The van der Waals surface area contributed by atoms with E-state index in [0.717, 1.165) is 17.1 Å². The number of hydrogen-bond donors (Lipinski definition) is 0. The maximum absolute atomic E-state index is 12.2. The molecule has 2 rings (SSSR count). The lowest BCUT2D eigenvalue weighted by Gasteiger charge is -2.36. The fourth-order valence-electron chi connectivity index (χ4n) is 2.81. The minimum Gasteiger partial charge on any atom is -0.469 e. The number of amides is 1. The molecule has 1 aromatic rings. The summed E-state index contributed by atoms with van der Waals surface area (Å²) >= 11 is 0. The van der Waals surface area contributed by atoms with Crippen LogP contribution in [-0.2, 0) is 20.7 Å². The first kappa shape index (κ1) is 19.9. The number of esters is 1. The minimum absolute atomic E-state index is 0.256. The Balaban J connectivity index is 2.04. The lowest BCUT2D eigenvalue weighted by molar-refractivity contribution is -0.140. The highest BCUT2D eigenvalue weighted by atomic mass is 16.6. The van der Waals surface area contributed by atoms with E-state index in [9.17, 15) is 9.59 Å². The summed E-state index contributed by atoms with van der Waals surface area (Å²) in [5, 5.41) is 0. The third-order valence-corrected chi connectivity index (χ3v) is 4.18. The normalized spacial score (nSPS) is 15.0. The summed E-state index contributed by atoms with van der Waals surface area (Å²) in [6.07, 6.45) is 2.06. The molecule has 0 atom stereocenters. The Labute approximate surface area is 154 Å². The van der Waals surface area contributed by atoms with Crippen molar-refractivity contribution in [2.45, 2.75) is 46.1 Å². The monoisotopic (exact) mass is 364 g/mol. The van der Waals surface area contributed by atoms with Crippen LogP contribution in [0.15, 0.2) is 6.33 Å². The van der Waals surface area contributed by atoms with Gasteiger partial charge in [0.05, 0.1) is 7.11 Å². The molecule has 0 aliphatic carbocycles. The van der Waals surface area contributed by atoms with E-state index in [1.807, 2.05) is 27.7 Å². The number of carbonyl (C=O) groups excluding carboxylic acids is 2. The SMILES string of the molecule is COC(=O)CCc1c(C)ncnc1N1CCN(C(=O)OC(C)(C)C)CC1. The zero-order valence-electron chi connectivity index (χ0n) is 16.2. The van der Waals surface area contributed by atoms with Gasteiger partial charge in [0.2, 0.25) is 0 Å². The molecule has 0 radical (unpaired) electrons. The van der Waals surface area contributed by atoms with Crippen molar-refractivity contribution in [1.29, 1.82) is 0 Å². The summed E-state index contributed by atoms with van der Waals surface area (Å²) in [4.78, 5) is 36.2. The number of ether oxygens (including phenoxy) is 2. The van der Waals surface area contributed by atoms with Crippen molar-refractivity contribution in [1.82, 2.24) is 14.9 Å².